The number of hydrogen-bond donors (Lipinski definition) is 2. The van der Waals surface area contributed by atoms with Crippen molar-refractivity contribution in [2.24, 2.45) is 11.8 Å². The summed E-state index contributed by atoms with van der Waals surface area (Å²) in [6.07, 6.45) is 17.6. The molecule has 5 rings (SSSR count). The molecule has 1 amide bonds. The monoisotopic (exact) mass is 565 g/mol. The first-order chi connectivity index (χ1) is 19.3. The van der Waals surface area contributed by atoms with E-state index < -0.39 is 0 Å². The smallest absolute Gasteiger partial charge is 0.232 e. The molecular formula is C31H40ClN5O3. The molecule has 0 spiro atoms. The minimum atomic E-state index is -0.0504. The van der Waals surface area contributed by atoms with Crippen molar-refractivity contribution in [2.75, 3.05) is 12.4 Å². The van der Waals surface area contributed by atoms with E-state index in [2.05, 4.69) is 34.2 Å². The second kappa shape index (κ2) is 12.6. The van der Waals surface area contributed by atoms with Crippen LogP contribution in [-0.4, -0.2) is 37.9 Å². The van der Waals surface area contributed by atoms with Crippen LogP contribution in [-0.2, 0) is 11.2 Å². The van der Waals surface area contributed by atoms with Gasteiger partial charge >= 0.3 is 0 Å². The summed E-state index contributed by atoms with van der Waals surface area (Å²) in [7, 11) is 1.57. The predicted molar refractivity (Wildman–Crippen MR) is 157 cm³/mol. The standard InChI is InChI=1S/C31H40ClN5O3/c1-19(2)37-18-25(17-35-37)27-24(16-33-29(28(27)38)36-30(39)22-7-5-4-6-8-22)13-20-9-11-21(12-10-20)23-14-26(32)31(40-3)34-15-23/h14-22,38H,4-13H2,1-3H3,(H,33,36,39). The largest absolute Gasteiger partial charge is 0.504 e. The van der Waals surface area contributed by atoms with Gasteiger partial charge in [0, 0.05) is 41.7 Å². The first kappa shape index (κ1) is 28.4. The zero-order chi connectivity index (χ0) is 28.2. The number of nitrogens with one attached hydrogen (secondary N) is 1. The summed E-state index contributed by atoms with van der Waals surface area (Å²) in [4.78, 5) is 21.9. The maximum absolute atomic E-state index is 13.0. The lowest BCUT2D eigenvalue weighted by molar-refractivity contribution is -0.120. The molecule has 3 heterocycles. The van der Waals surface area contributed by atoms with Gasteiger partial charge in [0.25, 0.3) is 0 Å². The number of rotatable bonds is 8. The first-order valence-electron chi connectivity index (χ1n) is 14.6. The Hall–Kier alpha value is -3.13. The van der Waals surface area contributed by atoms with Crippen molar-refractivity contribution in [1.82, 2.24) is 19.7 Å². The Bertz CT molecular complexity index is 1330. The molecule has 2 saturated carbocycles. The van der Waals surface area contributed by atoms with E-state index in [0.29, 0.717) is 28.3 Å². The molecule has 214 valence electrons. The van der Waals surface area contributed by atoms with Crippen LogP contribution in [0.4, 0.5) is 5.82 Å². The van der Waals surface area contributed by atoms with E-state index in [0.717, 1.165) is 74.5 Å². The Morgan fingerprint density at radius 3 is 2.50 bits per heavy atom. The number of ether oxygens (including phenoxy) is 1. The number of carbonyl (C=O) groups is 1. The zero-order valence-electron chi connectivity index (χ0n) is 23.7. The third-order valence-electron chi connectivity index (χ3n) is 8.62. The van der Waals surface area contributed by atoms with Crippen LogP contribution >= 0.6 is 11.6 Å². The number of carbonyl (C=O) groups excluding carboxylic acids is 1. The Balaban J connectivity index is 1.35. The van der Waals surface area contributed by atoms with E-state index in [1.165, 1.54) is 6.42 Å². The molecule has 3 aromatic heterocycles. The highest BCUT2D eigenvalue weighted by atomic mass is 35.5. The van der Waals surface area contributed by atoms with Gasteiger partial charge in [-0.3, -0.25) is 9.48 Å². The number of amides is 1. The molecule has 0 saturated heterocycles. The van der Waals surface area contributed by atoms with Crippen LogP contribution in [0.25, 0.3) is 11.1 Å². The van der Waals surface area contributed by atoms with Crippen molar-refractivity contribution in [1.29, 1.82) is 0 Å². The quantitative estimate of drug-likeness (QED) is 0.296. The third-order valence-corrected chi connectivity index (χ3v) is 8.89. The lowest BCUT2D eigenvalue weighted by Crippen LogP contribution is -2.25. The van der Waals surface area contributed by atoms with Gasteiger partial charge in [0.05, 0.1) is 13.3 Å². The van der Waals surface area contributed by atoms with Crippen LogP contribution in [0.1, 0.15) is 94.7 Å². The number of anilines is 1. The van der Waals surface area contributed by atoms with Gasteiger partial charge in [0.1, 0.15) is 5.02 Å². The molecule has 9 heteroatoms. The van der Waals surface area contributed by atoms with Gasteiger partial charge in [-0.25, -0.2) is 9.97 Å². The Labute approximate surface area is 241 Å². The summed E-state index contributed by atoms with van der Waals surface area (Å²) in [6, 6.07) is 2.17. The third kappa shape index (κ3) is 6.27. The minimum absolute atomic E-state index is 0.0206. The molecule has 0 aromatic carbocycles. The molecule has 0 atom stereocenters. The normalized spacial score (nSPS) is 20.0. The van der Waals surface area contributed by atoms with Crippen LogP contribution in [0.2, 0.25) is 5.02 Å². The van der Waals surface area contributed by atoms with Crippen molar-refractivity contribution >= 4 is 23.3 Å². The van der Waals surface area contributed by atoms with Crippen molar-refractivity contribution in [3.05, 3.63) is 47.0 Å². The molecule has 8 nitrogen and oxygen atoms in total. The number of aromatic hydroxyl groups is 1. The average molecular weight is 566 g/mol. The Morgan fingerprint density at radius 1 is 1.10 bits per heavy atom. The first-order valence-corrected chi connectivity index (χ1v) is 15.0. The number of pyridine rings is 2. The summed E-state index contributed by atoms with van der Waals surface area (Å²) in [5, 5.41) is 19.5. The summed E-state index contributed by atoms with van der Waals surface area (Å²) in [6.45, 7) is 4.15. The predicted octanol–water partition coefficient (Wildman–Crippen LogP) is 7.32. The van der Waals surface area contributed by atoms with Gasteiger partial charge in [0.15, 0.2) is 11.6 Å². The van der Waals surface area contributed by atoms with Crippen LogP contribution in [0, 0.1) is 11.8 Å². The molecule has 3 aromatic rings. The van der Waals surface area contributed by atoms with Gasteiger partial charge in [-0.2, -0.15) is 5.10 Å². The fourth-order valence-electron chi connectivity index (χ4n) is 6.26. The van der Waals surface area contributed by atoms with Crippen LogP contribution in [0.15, 0.2) is 30.9 Å². The molecule has 0 radical (unpaired) electrons. The lowest BCUT2D eigenvalue weighted by Gasteiger charge is -2.29. The fourth-order valence-corrected chi connectivity index (χ4v) is 6.52. The molecular weight excluding hydrogens is 526 g/mol. The molecule has 40 heavy (non-hydrogen) atoms. The van der Waals surface area contributed by atoms with Gasteiger partial charge in [0.2, 0.25) is 11.8 Å². The highest BCUT2D eigenvalue weighted by Crippen LogP contribution is 2.42. The number of aromatic nitrogens is 4. The molecule has 2 aliphatic carbocycles. The van der Waals surface area contributed by atoms with E-state index in [4.69, 9.17) is 16.3 Å². The van der Waals surface area contributed by atoms with Crippen molar-refractivity contribution in [2.45, 2.75) is 90.0 Å². The van der Waals surface area contributed by atoms with E-state index in [1.807, 2.05) is 29.3 Å². The van der Waals surface area contributed by atoms with Crippen LogP contribution in [0.5, 0.6) is 11.6 Å². The fraction of sp³-hybridized carbons (Fsp3) is 0.548. The summed E-state index contributed by atoms with van der Waals surface area (Å²) < 4.78 is 7.09. The second-order valence-corrected chi connectivity index (χ2v) is 12.1. The molecule has 0 bridgehead atoms. The number of methoxy groups -OCH3 is 1. The van der Waals surface area contributed by atoms with Crippen molar-refractivity contribution in [3.8, 4) is 22.8 Å². The van der Waals surface area contributed by atoms with E-state index in [1.54, 1.807) is 13.3 Å². The van der Waals surface area contributed by atoms with E-state index in [-0.39, 0.29) is 29.4 Å². The van der Waals surface area contributed by atoms with Crippen LogP contribution < -0.4 is 10.1 Å². The number of hydrogen-bond acceptors (Lipinski definition) is 6. The van der Waals surface area contributed by atoms with Gasteiger partial charge < -0.3 is 15.2 Å². The summed E-state index contributed by atoms with van der Waals surface area (Å²) >= 11 is 6.33. The molecule has 2 aliphatic rings. The van der Waals surface area contributed by atoms with E-state index >= 15 is 0 Å². The van der Waals surface area contributed by atoms with Gasteiger partial charge in [-0.05, 0) is 87.8 Å². The topological polar surface area (TPSA) is 102 Å². The second-order valence-electron chi connectivity index (χ2n) is 11.7. The maximum atomic E-state index is 13.0. The molecule has 2 fully saturated rings. The van der Waals surface area contributed by atoms with Crippen molar-refractivity contribution < 1.29 is 14.6 Å². The Morgan fingerprint density at radius 2 is 1.85 bits per heavy atom. The highest BCUT2D eigenvalue weighted by molar-refractivity contribution is 6.31. The number of halogens is 1. The highest BCUT2D eigenvalue weighted by Gasteiger charge is 2.28. The zero-order valence-corrected chi connectivity index (χ0v) is 24.5. The average Bonchev–Trinajstić information content (AvgIpc) is 3.46. The lowest BCUT2D eigenvalue weighted by atomic mass is 9.76. The summed E-state index contributed by atoms with van der Waals surface area (Å²) in [5.74, 6) is 1.52. The SMILES string of the molecule is COc1ncc(C2CCC(Cc3cnc(NC(=O)C4CCCCC4)c(O)c3-c3cnn(C(C)C)c3)CC2)cc1Cl. The van der Waals surface area contributed by atoms with Gasteiger partial charge in [-0.1, -0.05) is 30.9 Å². The Kier molecular flexibility index (Phi) is 8.94. The molecule has 0 unspecified atom stereocenters. The molecule has 2 N–H and O–H groups in total. The summed E-state index contributed by atoms with van der Waals surface area (Å²) in [5.41, 5.74) is 3.69. The van der Waals surface area contributed by atoms with E-state index in [9.17, 15) is 9.90 Å². The number of nitrogens with zero attached hydrogens (tertiary/aromatic N) is 4. The van der Waals surface area contributed by atoms with Crippen molar-refractivity contribution in [3.63, 3.8) is 0 Å². The van der Waals surface area contributed by atoms with Crippen LogP contribution in [0.3, 0.4) is 0 Å². The maximum Gasteiger partial charge on any atom is 0.232 e. The molecule has 0 aliphatic heterocycles. The minimum Gasteiger partial charge on any atom is -0.504 e. The van der Waals surface area contributed by atoms with Gasteiger partial charge in [-0.15, -0.1) is 0 Å².